The Kier molecular flexibility index (Phi) is 9.64. The number of carbonyl (C=O) groups is 2. The Morgan fingerprint density at radius 1 is 1.18 bits per heavy atom. The van der Waals surface area contributed by atoms with Gasteiger partial charge in [0.25, 0.3) is 11.6 Å². The van der Waals surface area contributed by atoms with Crippen molar-refractivity contribution >= 4 is 28.8 Å². The Labute approximate surface area is 231 Å². The van der Waals surface area contributed by atoms with Crippen molar-refractivity contribution in [3.05, 3.63) is 92.2 Å². The van der Waals surface area contributed by atoms with Crippen molar-refractivity contribution in [2.45, 2.75) is 38.0 Å². The van der Waals surface area contributed by atoms with Crippen LogP contribution in [0.2, 0.25) is 0 Å². The van der Waals surface area contributed by atoms with Crippen molar-refractivity contribution < 1.29 is 19.2 Å². The summed E-state index contributed by atoms with van der Waals surface area (Å²) in [5.74, 6) is 0.123. The molecule has 10 nitrogen and oxygen atoms in total. The molecule has 39 heavy (non-hydrogen) atoms. The van der Waals surface area contributed by atoms with E-state index >= 15 is 0 Å². The zero-order valence-electron chi connectivity index (χ0n) is 21.8. The Hall–Kier alpha value is -3.80. The van der Waals surface area contributed by atoms with Crippen molar-refractivity contribution in [2.24, 2.45) is 5.73 Å². The second kappa shape index (κ2) is 13.3. The zero-order valence-corrected chi connectivity index (χ0v) is 22.6. The normalized spacial score (nSPS) is 17.2. The van der Waals surface area contributed by atoms with E-state index in [4.69, 9.17) is 10.5 Å². The van der Waals surface area contributed by atoms with Gasteiger partial charge in [-0.05, 0) is 48.1 Å². The maximum atomic E-state index is 13.6. The van der Waals surface area contributed by atoms with E-state index < -0.39 is 11.0 Å². The molecular weight excluding hydrogens is 518 g/mol. The Morgan fingerprint density at radius 3 is 2.64 bits per heavy atom. The third-order valence-corrected chi connectivity index (χ3v) is 7.75. The highest BCUT2D eigenvalue weighted by Crippen LogP contribution is 2.28. The fraction of sp³-hybridized carbons (Fsp3) is 0.357. The van der Waals surface area contributed by atoms with Gasteiger partial charge in [-0.3, -0.25) is 24.6 Å². The fourth-order valence-electron chi connectivity index (χ4n) is 4.88. The van der Waals surface area contributed by atoms with Crippen molar-refractivity contribution in [1.82, 2.24) is 15.1 Å². The Morgan fingerprint density at radius 2 is 1.97 bits per heavy atom. The molecule has 2 amide bonds. The van der Waals surface area contributed by atoms with Crippen molar-refractivity contribution in [3.8, 4) is 5.75 Å². The summed E-state index contributed by atoms with van der Waals surface area (Å²) in [5, 5.41) is 16.0. The van der Waals surface area contributed by atoms with E-state index in [-0.39, 0.29) is 23.5 Å². The third-order valence-electron chi connectivity index (χ3n) is 6.89. The molecule has 0 aliphatic carbocycles. The summed E-state index contributed by atoms with van der Waals surface area (Å²) >= 11 is 1.66. The number of nitrogens with two attached hydrogens (primary N) is 1. The average Bonchev–Trinajstić information content (AvgIpc) is 3.48. The first-order valence-electron chi connectivity index (χ1n) is 12.8. The summed E-state index contributed by atoms with van der Waals surface area (Å²) < 4.78 is 5.29. The smallest absolute Gasteiger partial charge is 0.269 e. The molecule has 11 heteroatoms. The Balaban J connectivity index is 1.58. The lowest BCUT2D eigenvalue weighted by atomic mass is 9.93. The van der Waals surface area contributed by atoms with Gasteiger partial charge in [-0.2, -0.15) is 0 Å². The number of nitro benzene ring substituents is 1. The summed E-state index contributed by atoms with van der Waals surface area (Å²) in [6.07, 6.45) is 1.12. The number of thiophene rings is 1. The van der Waals surface area contributed by atoms with E-state index in [1.165, 1.54) is 17.0 Å². The van der Waals surface area contributed by atoms with Gasteiger partial charge in [0.2, 0.25) is 5.91 Å². The van der Waals surface area contributed by atoms with Gasteiger partial charge in [0.05, 0.1) is 12.0 Å². The minimum Gasteiger partial charge on any atom is -0.497 e. The number of rotatable bonds is 11. The molecule has 0 bridgehead atoms. The molecule has 2 atom stereocenters. The van der Waals surface area contributed by atoms with Crippen molar-refractivity contribution in [3.63, 3.8) is 0 Å². The van der Waals surface area contributed by atoms with E-state index in [1.807, 2.05) is 11.4 Å². The van der Waals surface area contributed by atoms with Crippen LogP contribution in [0.3, 0.4) is 0 Å². The number of nitro groups is 1. The van der Waals surface area contributed by atoms with E-state index in [9.17, 15) is 19.7 Å². The van der Waals surface area contributed by atoms with Gasteiger partial charge in [0.15, 0.2) is 0 Å². The molecule has 3 N–H and O–H groups in total. The number of amides is 2. The number of benzene rings is 2. The van der Waals surface area contributed by atoms with Crippen LogP contribution in [-0.4, -0.2) is 65.4 Å². The van der Waals surface area contributed by atoms with Crippen LogP contribution < -0.4 is 15.8 Å². The number of hydrogen-bond donors (Lipinski definition) is 2. The maximum Gasteiger partial charge on any atom is 0.269 e. The molecule has 3 aromatic rings. The minimum absolute atomic E-state index is 0.00489. The molecule has 4 rings (SSSR count). The van der Waals surface area contributed by atoms with Gasteiger partial charge in [-0.1, -0.05) is 24.3 Å². The van der Waals surface area contributed by atoms with Gasteiger partial charge in [-0.15, -0.1) is 11.3 Å². The second-order valence-corrected chi connectivity index (χ2v) is 10.4. The molecule has 1 unspecified atom stereocenters. The number of piperidine rings is 1. The molecule has 0 spiro atoms. The largest absolute Gasteiger partial charge is 0.497 e. The van der Waals surface area contributed by atoms with Crippen LogP contribution in [0.1, 0.15) is 33.6 Å². The van der Waals surface area contributed by atoms with Gasteiger partial charge >= 0.3 is 0 Å². The summed E-state index contributed by atoms with van der Waals surface area (Å²) in [6.45, 7) is 2.25. The second-order valence-electron chi connectivity index (χ2n) is 9.41. The number of carbonyl (C=O) groups excluding carboxylic acids is 2. The molecule has 1 saturated heterocycles. The lowest BCUT2D eigenvalue weighted by Crippen LogP contribution is -2.57. The fourth-order valence-corrected chi connectivity index (χ4v) is 5.61. The molecule has 1 aliphatic rings. The molecule has 0 radical (unpaired) electrons. The molecule has 1 aliphatic heterocycles. The SMILES string of the molecule is COc1cccc(C(=O)N2CCC(N(Cc3ccc([N+](=O)[O-])cc3)Cc3cccs3)C[C@@H]2C(=O)NCCN)c1. The van der Waals surface area contributed by atoms with Crippen molar-refractivity contribution in [2.75, 3.05) is 26.7 Å². The van der Waals surface area contributed by atoms with E-state index in [0.717, 1.165) is 5.56 Å². The highest BCUT2D eigenvalue weighted by atomic mass is 32.1. The van der Waals surface area contributed by atoms with Crippen LogP contribution in [0.15, 0.2) is 66.0 Å². The molecule has 2 heterocycles. The van der Waals surface area contributed by atoms with Crippen LogP contribution in [0, 0.1) is 10.1 Å². The number of nitrogens with one attached hydrogen (secondary N) is 1. The lowest BCUT2D eigenvalue weighted by molar-refractivity contribution is -0.384. The molecule has 2 aromatic carbocycles. The van der Waals surface area contributed by atoms with Crippen LogP contribution in [-0.2, 0) is 17.9 Å². The predicted molar refractivity (Wildman–Crippen MR) is 150 cm³/mol. The number of nitrogens with zero attached hydrogens (tertiary/aromatic N) is 3. The van der Waals surface area contributed by atoms with Crippen LogP contribution >= 0.6 is 11.3 Å². The molecular formula is C28H33N5O5S. The highest BCUT2D eigenvalue weighted by molar-refractivity contribution is 7.09. The summed E-state index contributed by atoms with van der Waals surface area (Å²) in [5.41, 5.74) is 7.08. The summed E-state index contributed by atoms with van der Waals surface area (Å²) in [6, 6.07) is 16.9. The quantitative estimate of drug-likeness (QED) is 0.276. The number of likely N-dealkylation sites (tertiary alicyclic amines) is 1. The topological polar surface area (TPSA) is 131 Å². The number of methoxy groups -OCH3 is 1. The summed E-state index contributed by atoms with van der Waals surface area (Å²) in [4.78, 5) is 42.7. The molecule has 0 saturated carbocycles. The predicted octanol–water partition coefficient (Wildman–Crippen LogP) is 3.42. The summed E-state index contributed by atoms with van der Waals surface area (Å²) in [7, 11) is 1.55. The van der Waals surface area contributed by atoms with Crippen LogP contribution in [0.5, 0.6) is 5.75 Å². The maximum absolute atomic E-state index is 13.6. The van der Waals surface area contributed by atoms with Gasteiger partial charge in [-0.25, -0.2) is 0 Å². The zero-order chi connectivity index (χ0) is 27.8. The molecule has 1 fully saturated rings. The minimum atomic E-state index is -0.670. The van der Waals surface area contributed by atoms with Crippen LogP contribution in [0.25, 0.3) is 0 Å². The lowest BCUT2D eigenvalue weighted by Gasteiger charge is -2.43. The first-order valence-corrected chi connectivity index (χ1v) is 13.7. The van der Waals surface area contributed by atoms with E-state index in [1.54, 1.807) is 59.7 Å². The first-order chi connectivity index (χ1) is 18.9. The monoisotopic (exact) mass is 551 g/mol. The molecule has 206 valence electrons. The number of non-ortho nitro benzene ring substituents is 1. The Bertz CT molecular complexity index is 1270. The van der Waals surface area contributed by atoms with Crippen molar-refractivity contribution in [1.29, 1.82) is 0 Å². The van der Waals surface area contributed by atoms with E-state index in [0.29, 0.717) is 56.9 Å². The van der Waals surface area contributed by atoms with E-state index in [2.05, 4.69) is 16.3 Å². The van der Waals surface area contributed by atoms with Gasteiger partial charge < -0.3 is 20.7 Å². The third kappa shape index (κ3) is 7.20. The average molecular weight is 552 g/mol. The van der Waals surface area contributed by atoms with Gasteiger partial charge in [0.1, 0.15) is 11.8 Å². The first kappa shape index (κ1) is 28.2. The van der Waals surface area contributed by atoms with Crippen LogP contribution in [0.4, 0.5) is 5.69 Å². The molecule has 1 aromatic heterocycles. The standard InChI is InChI=1S/C28H33N5O5S/c1-38-24-5-2-4-21(16-24)28(35)32-14-11-23(17-26(32)27(34)30-13-12-29)31(19-25-6-3-15-39-25)18-20-7-9-22(10-8-20)33(36)37/h2-10,15-16,23,26H,11-14,17-19,29H2,1H3,(H,30,34)/t23?,26-/m1/s1. The highest BCUT2D eigenvalue weighted by Gasteiger charge is 2.38. The number of ether oxygens (including phenoxy) is 1. The van der Waals surface area contributed by atoms with Gasteiger partial charge in [0, 0.05) is 61.3 Å². The number of hydrogen-bond acceptors (Lipinski definition) is 8.